The van der Waals surface area contributed by atoms with E-state index in [0.717, 1.165) is 18.1 Å². The van der Waals surface area contributed by atoms with Crippen LogP contribution in [0.15, 0.2) is 0 Å². The van der Waals surface area contributed by atoms with Gasteiger partial charge in [0.1, 0.15) is 5.82 Å². The second-order valence-electron chi connectivity index (χ2n) is 5.12. The molecule has 0 bridgehead atoms. The minimum absolute atomic E-state index is 0.631. The zero-order valence-corrected chi connectivity index (χ0v) is 11.6. The fraction of sp³-hybridized carbons (Fsp3) is 0.750. The Balaban J connectivity index is 3.19. The highest BCUT2D eigenvalue weighted by Crippen LogP contribution is 2.27. The van der Waals surface area contributed by atoms with Crippen LogP contribution in [0.1, 0.15) is 19.7 Å². The molecule has 0 saturated carbocycles. The van der Waals surface area contributed by atoms with Gasteiger partial charge in [0.05, 0.1) is 0 Å². The van der Waals surface area contributed by atoms with Crippen LogP contribution >= 0.6 is 0 Å². The van der Waals surface area contributed by atoms with Gasteiger partial charge >= 0.3 is 0 Å². The fourth-order valence-electron chi connectivity index (χ4n) is 1.87. The van der Waals surface area contributed by atoms with Gasteiger partial charge in [0.25, 0.3) is 0 Å². The van der Waals surface area contributed by atoms with E-state index in [1.54, 1.807) is 0 Å². The van der Waals surface area contributed by atoms with Gasteiger partial charge in [0.15, 0.2) is 11.6 Å². The summed E-state index contributed by atoms with van der Waals surface area (Å²) in [6.07, 6.45) is 1.02. The molecule has 0 fully saturated rings. The van der Waals surface area contributed by atoms with Crippen molar-refractivity contribution >= 4 is 11.6 Å². The summed E-state index contributed by atoms with van der Waals surface area (Å²) >= 11 is 0. The zero-order valence-electron chi connectivity index (χ0n) is 11.6. The molecule has 4 heteroatoms. The van der Waals surface area contributed by atoms with E-state index >= 15 is 0 Å². The molecule has 0 aliphatic carbocycles. The Bertz CT molecular complexity index is 350. The molecule has 0 spiro atoms. The predicted molar refractivity (Wildman–Crippen MR) is 70.4 cm³/mol. The number of imidazole rings is 1. The monoisotopic (exact) mass is 224 g/mol. The van der Waals surface area contributed by atoms with Crippen LogP contribution in [0.25, 0.3) is 0 Å². The van der Waals surface area contributed by atoms with Gasteiger partial charge in [0, 0.05) is 41.7 Å². The van der Waals surface area contributed by atoms with Crippen LogP contribution in [0.2, 0.25) is 0 Å². The van der Waals surface area contributed by atoms with Crippen molar-refractivity contribution in [2.75, 3.05) is 38.0 Å². The minimum atomic E-state index is 0.631. The molecule has 0 unspecified atom stereocenters. The number of nitrogens with zero attached hydrogens (tertiary/aromatic N) is 4. The van der Waals surface area contributed by atoms with E-state index in [2.05, 4.69) is 49.4 Å². The van der Waals surface area contributed by atoms with Crippen molar-refractivity contribution in [1.29, 1.82) is 0 Å². The van der Waals surface area contributed by atoms with Crippen molar-refractivity contribution in [2.24, 2.45) is 13.0 Å². The SMILES string of the molecule is CC(C)Cc1nc(N(C)C)c(N(C)C)n1C. The number of rotatable bonds is 4. The molecule has 0 saturated heterocycles. The molecule has 0 aliphatic rings. The summed E-state index contributed by atoms with van der Waals surface area (Å²) in [6.45, 7) is 4.44. The van der Waals surface area contributed by atoms with Crippen molar-refractivity contribution in [3.05, 3.63) is 5.82 Å². The average Bonchev–Trinajstić information content (AvgIpc) is 2.43. The number of anilines is 2. The van der Waals surface area contributed by atoms with E-state index in [1.807, 2.05) is 14.1 Å². The van der Waals surface area contributed by atoms with Gasteiger partial charge in [-0.25, -0.2) is 4.98 Å². The van der Waals surface area contributed by atoms with Crippen LogP contribution < -0.4 is 9.80 Å². The van der Waals surface area contributed by atoms with Crippen molar-refractivity contribution < 1.29 is 0 Å². The van der Waals surface area contributed by atoms with E-state index in [4.69, 9.17) is 4.98 Å². The molecule has 0 aromatic carbocycles. The third kappa shape index (κ3) is 2.49. The van der Waals surface area contributed by atoms with Crippen molar-refractivity contribution in [2.45, 2.75) is 20.3 Å². The average molecular weight is 224 g/mol. The van der Waals surface area contributed by atoms with Gasteiger partial charge < -0.3 is 14.4 Å². The molecule has 92 valence electrons. The van der Waals surface area contributed by atoms with E-state index in [0.29, 0.717) is 5.92 Å². The molecule has 0 N–H and O–H groups in total. The molecule has 0 amide bonds. The summed E-state index contributed by atoms with van der Waals surface area (Å²) in [5.41, 5.74) is 0. The summed E-state index contributed by atoms with van der Waals surface area (Å²) in [6, 6.07) is 0. The number of hydrogen-bond donors (Lipinski definition) is 0. The third-order valence-corrected chi connectivity index (χ3v) is 2.58. The largest absolute Gasteiger partial charge is 0.361 e. The molecule has 1 rings (SSSR count). The summed E-state index contributed by atoms with van der Waals surface area (Å²) < 4.78 is 2.19. The van der Waals surface area contributed by atoms with Gasteiger partial charge in [-0.3, -0.25) is 0 Å². The van der Waals surface area contributed by atoms with E-state index < -0.39 is 0 Å². The van der Waals surface area contributed by atoms with Gasteiger partial charge in [-0.1, -0.05) is 13.8 Å². The molecule has 16 heavy (non-hydrogen) atoms. The van der Waals surface area contributed by atoms with Crippen LogP contribution in [-0.2, 0) is 13.5 Å². The maximum Gasteiger partial charge on any atom is 0.171 e. The summed E-state index contributed by atoms with van der Waals surface area (Å²) in [4.78, 5) is 8.90. The second-order valence-corrected chi connectivity index (χ2v) is 5.12. The molecule has 0 atom stereocenters. The summed E-state index contributed by atoms with van der Waals surface area (Å²) in [5.74, 6) is 4.00. The highest BCUT2D eigenvalue weighted by atomic mass is 15.3. The first kappa shape index (κ1) is 12.9. The Kier molecular flexibility index (Phi) is 3.83. The number of aromatic nitrogens is 2. The van der Waals surface area contributed by atoms with E-state index in [1.165, 1.54) is 5.82 Å². The highest BCUT2D eigenvalue weighted by Gasteiger charge is 2.18. The second kappa shape index (κ2) is 4.76. The van der Waals surface area contributed by atoms with Gasteiger partial charge in [-0.15, -0.1) is 0 Å². The number of hydrogen-bond acceptors (Lipinski definition) is 3. The molecular weight excluding hydrogens is 200 g/mol. The molecule has 4 nitrogen and oxygen atoms in total. The van der Waals surface area contributed by atoms with E-state index in [-0.39, 0.29) is 0 Å². The molecule has 1 heterocycles. The standard InChI is InChI=1S/C12H24N4/c1-9(2)8-10-13-11(14(3)4)12(15(5)6)16(10)7/h9H,8H2,1-7H3. The lowest BCUT2D eigenvalue weighted by molar-refractivity contribution is 0.602. The lowest BCUT2D eigenvalue weighted by Crippen LogP contribution is -2.18. The minimum Gasteiger partial charge on any atom is -0.361 e. The lowest BCUT2D eigenvalue weighted by Gasteiger charge is -2.18. The molecular formula is C12H24N4. The summed E-state index contributed by atoms with van der Waals surface area (Å²) in [5, 5.41) is 0. The van der Waals surface area contributed by atoms with Gasteiger partial charge in [-0.2, -0.15) is 0 Å². The van der Waals surface area contributed by atoms with Crippen molar-refractivity contribution in [3.8, 4) is 0 Å². The lowest BCUT2D eigenvalue weighted by atomic mass is 10.1. The van der Waals surface area contributed by atoms with E-state index in [9.17, 15) is 0 Å². The quantitative estimate of drug-likeness (QED) is 0.779. The first-order chi connectivity index (χ1) is 7.34. The van der Waals surface area contributed by atoms with Crippen LogP contribution in [0.5, 0.6) is 0 Å². The van der Waals surface area contributed by atoms with Crippen LogP contribution in [0.4, 0.5) is 11.6 Å². The Morgan fingerprint density at radius 3 is 2.00 bits per heavy atom. The van der Waals surface area contributed by atoms with Gasteiger partial charge in [0.2, 0.25) is 0 Å². The van der Waals surface area contributed by atoms with Crippen LogP contribution in [-0.4, -0.2) is 37.7 Å². The zero-order chi connectivity index (χ0) is 12.5. The third-order valence-electron chi connectivity index (χ3n) is 2.58. The maximum absolute atomic E-state index is 4.72. The molecule has 0 radical (unpaired) electrons. The first-order valence-electron chi connectivity index (χ1n) is 5.74. The van der Waals surface area contributed by atoms with Crippen molar-refractivity contribution in [3.63, 3.8) is 0 Å². The Hall–Kier alpha value is -1.19. The van der Waals surface area contributed by atoms with Crippen molar-refractivity contribution in [1.82, 2.24) is 9.55 Å². The molecule has 1 aromatic heterocycles. The molecule has 1 aromatic rings. The fourth-order valence-corrected chi connectivity index (χ4v) is 1.87. The maximum atomic E-state index is 4.72. The predicted octanol–water partition coefficient (Wildman–Crippen LogP) is 1.75. The summed E-state index contributed by atoms with van der Waals surface area (Å²) in [7, 11) is 10.3. The van der Waals surface area contributed by atoms with Gasteiger partial charge in [-0.05, 0) is 5.92 Å². The highest BCUT2D eigenvalue weighted by molar-refractivity contribution is 5.63. The Morgan fingerprint density at radius 1 is 1.12 bits per heavy atom. The molecule has 0 aliphatic heterocycles. The van der Waals surface area contributed by atoms with Crippen LogP contribution in [0, 0.1) is 5.92 Å². The van der Waals surface area contributed by atoms with Crippen LogP contribution in [0.3, 0.4) is 0 Å². The topological polar surface area (TPSA) is 24.3 Å². The first-order valence-corrected chi connectivity index (χ1v) is 5.74. The Labute approximate surface area is 98.9 Å². The normalized spacial score (nSPS) is 11.0. The Morgan fingerprint density at radius 2 is 1.69 bits per heavy atom. The smallest absolute Gasteiger partial charge is 0.171 e.